The minimum atomic E-state index is -1.10. The molecule has 1 fully saturated rings. The van der Waals surface area contributed by atoms with E-state index in [1.165, 1.54) is 12.0 Å². The van der Waals surface area contributed by atoms with Crippen molar-refractivity contribution in [2.24, 2.45) is 0 Å². The number of likely N-dealkylation sites (N-methyl/N-ethyl adjacent to an activating group) is 1. The molecule has 1 heterocycles. The molecule has 0 aromatic heterocycles. The number of rotatable bonds is 6. The lowest BCUT2D eigenvalue weighted by molar-refractivity contribution is -0.139. The van der Waals surface area contributed by atoms with Gasteiger partial charge in [-0.25, -0.2) is 4.79 Å². The molecule has 150 valence electrons. The number of hydrogen-bond acceptors (Lipinski definition) is 5. The summed E-state index contributed by atoms with van der Waals surface area (Å²) in [6.07, 6.45) is 1.69. The molecule has 1 aliphatic heterocycles. The minimum absolute atomic E-state index is 0.249. The van der Waals surface area contributed by atoms with Gasteiger partial charge in [0.25, 0.3) is 5.91 Å². The van der Waals surface area contributed by atoms with Gasteiger partial charge in [0.2, 0.25) is 0 Å². The van der Waals surface area contributed by atoms with Crippen LogP contribution in [0.1, 0.15) is 5.56 Å². The highest BCUT2D eigenvalue weighted by Gasteiger charge is 2.36. The lowest BCUT2D eigenvalue weighted by Crippen LogP contribution is -2.30. The van der Waals surface area contributed by atoms with E-state index in [9.17, 15) is 9.59 Å². The maximum atomic E-state index is 13.0. The third-order valence-corrected chi connectivity index (χ3v) is 5.35. The number of thiocarbonyl (C=S) groups is 1. The number of benzene rings is 2. The van der Waals surface area contributed by atoms with Gasteiger partial charge in [0.15, 0.2) is 23.2 Å². The molecule has 1 N–H and O–H groups in total. The number of amides is 1. The average Bonchev–Trinajstić information content (AvgIpc) is 2.91. The molecule has 0 spiro atoms. The lowest BCUT2D eigenvalue weighted by atomic mass is 10.1. The van der Waals surface area contributed by atoms with Crippen molar-refractivity contribution in [3.8, 4) is 11.5 Å². The van der Waals surface area contributed by atoms with Gasteiger partial charge >= 0.3 is 5.97 Å². The van der Waals surface area contributed by atoms with Crippen LogP contribution in [0.3, 0.4) is 0 Å². The largest absolute Gasteiger partial charge is 0.493 e. The molecule has 0 radical (unpaired) electrons. The van der Waals surface area contributed by atoms with Gasteiger partial charge in [-0.3, -0.25) is 9.69 Å². The second-order valence-corrected chi connectivity index (χ2v) is 7.27. The Balaban J connectivity index is 1.98. The molecule has 9 heteroatoms. The smallest absolute Gasteiger partial charge is 0.341 e. The van der Waals surface area contributed by atoms with Gasteiger partial charge in [-0.15, -0.1) is 0 Å². The van der Waals surface area contributed by atoms with E-state index in [-0.39, 0.29) is 11.7 Å². The molecule has 0 bridgehead atoms. The van der Waals surface area contributed by atoms with E-state index in [0.29, 0.717) is 32.3 Å². The monoisotopic (exact) mass is 476 g/mol. The van der Waals surface area contributed by atoms with Crippen molar-refractivity contribution >= 4 is 56.9 Å². The quantitative estimate of drug-likeness (QED) is 0.504. The summed E-state index contributed by atoms with van der Waals surface area (Å²) in [5, 5.41) is 9.18. The maximum Gasteiger partial charge on any atom is 0.341 e. The number of hydrogen-bond donors (Lipinski definition) is 1. The van der Waals surface area contributed by atoms with Crippen molar-refractivity contribution in [2.75, 3.05) is 25.7 Å². The Labute approximate surface area is 181 Å². The van der Waals surface area contributed by atoms with Crippen molar-refractivity contribution < 1.29 is 24.2 Å². The normalized spacial score (nSPS) is 15.2. The molecule has 0 atom stereocenters. The topological polar surface area (TPSA) is 79.3 Å². The first-order chi connectivity index (χ1) is 13.8. The van der Waals surface area contributed by atoms with E-state index in [4.69, 9.17) is 26.8 Å². The first-order valence-corrected chi connectivity index (χ1v) is 9.64. The van der Waals surface area contributed by atoms with Crippen molar-refractivity contribution in [3.05, 3.63) is 58.2 Å². The highest BCUT2D eigenvalue weighted by molar-refractivity contribution is 9.10. The Hall–Kier alpha value is -2.91. The van der Waals surface area contributed by atoms with Gasteiger partial charge in [-0.1, -0.05) is 34.1 Å². The third kappa shape index (κ3) is 4.25. The Kier molecular flexibility index (Phi) is 6.19. The molecule has 0 aliphatic carbocycles. The highest BCUT2D eigenvalue weighted by atomic mass is 79.9. The number of carbonyl (C=O) groups is 2. The van der Waals surface area contributed by atoms with E-state index >= 15 is 0 Å². The summed E-state index contributed by atoms with van der Waals surface area (Å²) in [5.74, 6) is -0.726. The molecule has 29 heavy (non-hydrogen) atoms. The van der Waals surface area contributed by atoms with E-state index in [1.54, 1.807) is 30.2 Å². The van der Waals surface area contributed by atoms with Crippen LogP contribution < -0.4 is 14.4 Å². The van der Waals surface area contributed by atoms with Crippen LogP contribution >= 0.6 is 28.1 Å². The summed E-state index contributed by atoms with van der Waals surface area (Å²) in [5.41, 5.74) is 1.73. The van der Waals surface area contributed by atoms with Crippen LogP contribution in [-0.4, -0.2) is 47.8 Å². The second kappa shape index (κ2) is 8.62. The van der Waals surface area contributed by atoms with E-state index in [0.717, 1.165) is 0 Å². The zero-order valence-electron chi connectivity index (χ0n) is 15.6. The van der Waals surface area contributed by atoms with Crippen LogP contribution in [0.5, 0.6) is 11.5 Å². The Morgan fingerprint density at radius 3 is 2.55 bits per heavy atom. The average molecular weight is 477 g/mol. The summed E-state index contributed by atoms with van der Waals surface area (Å²) in [6, 6.07) is 12.4. The van der Waals surface area contributed by atoms with Crippen molar-refractivity contribution in [3.63, 3.8) is 0 Å². The van der Waals surface area contributed by atoms with Crippen LogP contribution in [0.25, 0.3) is 6.08 Å². The Morgan fingerprint density at radius 1 is 1.24 bits per heavy atom. The molecule has 1 amide bonds. The summed E-state index contributed by atoms with van der Waals surface area (Å²) < 4.78 is 11.2. The molecule has 1 saturated heterocycles. The zero-order chi connectivity index (χ0) is 21.1. The molecule has 0 saturated carbocycles. The lowest BCUT2D eigenvalue weighted by Gasteiger charge is -2.16. The van der Waals surface area contributed by atoms with Gasteiger partial charge in [0, 0.05) is 11.5 Å². The molecule has 0 unspecified atom stereocenters. The number of aliphatic carboxylic acids is 1. The van der Waals surface area contributed by atoms with Crippen molar-refractivity contribution in [1.29, 1.82) is 0 Å². The summed E-state index contributed by atoms with van der Waals surface area (Å²) in [7, 11) is 3.18. The number of ether oxygens (including phenoxy) is 2. The first-order valence-electron chi connectivity index (χ1n) is 8.44. The van der Waals surface area contributed by atoms with Gasteiger partial charge in [0.05, 0.1) is 12.8 Å². The molecular formula is C20H17BrN2O5S. The number of carboxylic acid groups (broad SMARTS) is 1. The highest BCUT2D eigenvalue weighted by Crippen LogP contribution is 2.36. The predicted molar refractivity (Wildman–Crippen MR) is 116 cm³/mol. The van der Waals surface area contributed by atoms with Crippen LogP contribution in [0.2, 0.25) is 0 Å². The summed E-state index contributed by atoms with van der Waals surface area (Å²) in [4.78, 5) is 26.9. The minimum Gasteiger partial charge on any atom is -0.493 e. The fourth-order valence-corrected chi connectivity index (χ4v) is 3.51. The number of carbonyl (C=O) groups excluding carboxylic acids is 1. The molecule has 7 nitrogen and oxygen atoms in total. The molecule has 3 rings (SSSR count). The van der Waals surface area contributed by atoms with Crippen LogP contribution in [-0.2, 0) is 9.59 Å². The number of para-hydroxylation sites is 1. The zero-order valence-corrected chi connectivity index (χ0v) is 18.0. The van der Waals surface area contributed by atoms with E-state index in [1.807, 2.05) is 30.3 Å². The Morgan fingerprint density at radius 2 is 1.93 bits per heavy atom. The molecule has 2 aromatic carbocycles. The summed E-state index contributed by atoms with van der Waals surface area (Å²) >= 11 is 8.89. The number of methoxy groups -OCH3 is 1. The molecule has 2 aromatic rings. The van der Waals surface area contributed by atoms with E-state index in [2.05, 4.69) is 15.9 Å². The Bertz CT molecular complexity index is 1010. The van der Waals surface area contributed by atoms with Gasteiger partial charge < -0.3 is 19.5 Å². The van der Waals surface area contributed by atoms with Gasteiger partial charge in [-0.05, 0) is 48.1 Å². The first kappa shape index (κ1) is 20.8. The standard InChI is InChI=1S/C20H17BrN2O5S/c1-22-15(19(26)23(20(22)29)13-6-4-3-5-7-13)8-12-9-16(27-2)17(10-14(12)21)28-11-18(24)25/h3-10H,11H2,1-2H3,(H,24,25)/b15-8-. The van der Waals surface area contributed by atoms with E-state index < -0.39 is 12.6 Å². The summed E-state index contributed by atoms with van der Waals surface area (Å²) in [6.45, 7) is -0.495. The third-order valence-electron chi connectivity index (χ3n) is 4.20. The number of carboxylic acids is 1. The number of halogens is 1. The number of nitrogens with zero attached hydrogens (tertiary/aromatic N) is 2. The van der Waals surface area contributed by atoms with Crippen molar-refractivity contribution in [1.82, 2.24) is 4.90 Å². The van der Waals surface area contributed by atoms with Crippen LogP contribution in [0.4, 0.5) is 5.69 Å². The van der Waals surface area contributed by atoms with Gasteiger partial charge in [-0.2, -0.15) is 0 Å². The fraction of sp³-hybridized carbons (Fsp3) is 0.150. The predicted octanol–water partition coefficient (Wildman–Crippen LogP) is 3.53. The number of anilines is 1. The van der Waals surface area contributed by atoms with Crippen molar-refractivity contribution in [2.45, 2.75) is 0 Å². The molecule has 1 aliphatic rings. The maximum absolute atomic E-state index is 13.0. The van der Waals surface area contributed by atoms with Gasteiger partial charge in [0.1, 0.15) is 5.70 Å². The fourth-order valence-electron chi connectivity index (χ4n) is 2.78. The SMILES string of the molecule is COc1cc(/C=C2/C(=O)N(c3ccccc3)C(=S)N2C)c(Br)cc1OCC(=O)O. The second-order valence-electron chi connectivity index (χ2n) is 6.05. The van der Waals surface area contributed by atoms with Crippen LogP contribution in [0.15, 0.2) is 52.6 Å². The van der Waals surface area contributed by atoms with Crippen LogP contribution in [0, 0.1) is 0 Å². The molecular weight excluding hydrogens is 460 g/mol.